The van der Waals surface area contributed by atoms with E-state index in [4.69, 9.17) is 15.0 Å². The highest BCUT2D eigenvalue weighted by Crippen LogP contribution is 2.51. The quantitative estimate of drug-likeness (QED) is 0.178. The maximum absolute atomic E-state index is 5.49. The van der Waals surface area contributed by atoms with Gasteiger partial charge in [-0.2, -0.15) is 9.97 Å². The zero-order valence-electron chi connectivity index (χ0n) is 35.6. The maximum atomic E-state index is 5.49. The third-order valence-electron chi connectivity index (χ3n) is 14.2. The first-order valence-corrected chi connectivity index (χ1v) is 21.7. The van der Waals surface area contributed by atoms with Crippen LogP contribution >= 0.6 is 0 Å². The molecule has 0 unspecified atom stereocenters. The van der Waals surface area contributed by atoms with Crippen molar-refractivity contribution in [3.8, 4) is 45.5 Å². The predicted octanol–water partition coefficient (Wildman–Crippen LogP) is 14.1. The molecule has 0 aliphatic heterocycles. The second kappa shape index (κ2) is 12.6. The van der Waals surface area contributed by atoms with Gasteiger partial charge in [-0.1, -0.05) is 151 Å². The standard InChI is InChI=1S/C56H47N5/c1-54(2)29-30-55(3,4)45-33-48-41(32-44(45)54)49-47(60(48)36-19-11-8-12-20-36)28-27-40-39-22-14-16-24-46(39)61(50(40)49)53-58-51(34-17-9-7-10-18-34)57-52(59-53)35-25-26-38-37-21-13-15-23-42(37)56(5,6)43(38)31-35/h7-28,31-33H,29-30H2,1-6H3. The van der Waals surface area contributed by atoms with Crippen molar-refractivity contribution >= 4 is 43.6 Å². The van der Waals surface area contributed by atoms with Crippen LogP contribution in [0.1, 0.15) is 76.6 Å². The molecule has 0 bridgehead atoms. The third-order valence-corrected chi connectivity index (χ3v) is 14.2. The van der Waals surface area contributed by atoms with Gasteiger partial charge in [-0.3, -0.25) is 4.57 Å². The minimum Gasteiger partial charge on any atom is -0.309 e. The molecule has 7 aromatic carbocycles. The number of hydrogen-bond acceptors (Lipinski definition) is 3. The molecule has 0 radical (unpaired) electrons. The summed E-state index contributed by atoms with van der Waals surface area (Å²) in [6.07, 6.45) is 2.30. The fourth-order valence-electron chi connectivity index (χ4n) is 10.8. The van der Waals surface area contributed by atoms with E-state index in [1.807, 2.05) is 6.07 Å². The SMILES string of the molecule is CC1(C)CCC(C)(C)c2cc3c(cc21)c1c(ccc2c4ccccc4n(-c4nc(-c5ccccc5)nc(-c5ccc6c(c5)C(C)(C)c5ccccc5-6)n4)c21)n3-c1ccccc1. The second-order valence-corrected chi connectivity index (χ2v) is 19.1. The molecule has 0 fully saturated rings. The molecule has 0 saturated carbocycles. The monoisotopic (exact) mass is 789 g/mol. The molecule has 5 nitrogen and oxygen atoms in total. The minimum atomic E-state index is -0.158. The molecule has 296 valence electrons. The van der Waals surface area contributed by atoms with Crippen molar-refractivity contribution in [2.24, 2.45) is 0 Å². The van der Waals surface area contributed by atoms with Gasteiger partial charge in [0.15, 0.2) is 11.6 Å². The van der Waals surface area contributed by atoms with Gasteiger partial charge in [-0.05, 0) is 99.5 Å². The van der Waals surface area contributed by atoms with E-state index >= 15 is 0 Å². The van der Waals surface area contributed by atoms with Crippen molar-refractivity contribution in [2.75, 3.05) is 0 Å². The van der Waals surface area contributed by atoms with E-state index < -0.39 is 0 Å². The van der Waals surface area contributed by atoms with Gasteiger partial charge in [0.1, 0.15) is 0 Å². The summed E-state index contributed by atoms with van der Waals surface area (Å²) in [5.74, 6) is 1.90. The number of rotatable bonds is 4. The highest BCUT2D eigenvalue weighted by Gasteiger charge is 2.39. The molecule has 0 saturated heterocycles. The van der Waals surface area contributed by atoms with E-state index in [1.165, 1.54) is 60.4 Å². The molecule has 3 heterocycles. The first kappa shape index (κ1) is 36.0. The Kier molecular flexibility index (Phi) is 7.44. The molecule has 2 aliphatic rings. The number of para-hydroxylation sites is 2. The predicted molar refractivity (Wildman–Crippen MR) is 252 cm³/mol. The zero-order chi connectivity index (χ0) is 41.4. The van der Waals surface area contributed by atoms with Crippen LogP contribution in [0.3, 0.4) is 0 Å². The molecule has 2 aliphatic carbocycles. The van der Waals surface area contributed by atoms with Gasteiger partial charge in [0.2, 0.25) is 5.95 Å². The average Bonchev–Trinajstić information content (AvgIpc) is 3.88. The van der Waals surface area contributed by atoms with E-state index in [9.17, 15) is 0 Å². The van der Waals surface area contributed by atoms with Crippen LogP contribution in [0.25, 0.3) is 89.2 Å². The lowest BCUT2D eigenvalue weighted by atomic mass is 9.63. The first-order chi connectivity index (χ1) is 29.5. The number of hydrogen-bond donors (Lipinski definition) is 0. The summed E-state index contributed by atoms with van der Waals surface area (Å²) in [6, 6.07) is 55.1. The second-order valence-electron chi connectivity index (χ2n) is 19.1. The maximum Gasteiger partial charge on any atom is 0.238 e. The average molecular weight is 790 g/mol. The highest BCUT2D eigenvalue weighted by atomic mass is 15.2. The Labute approximate surface area is 356 Å². The summed E-state index contributed by atoms with van der Waals surface area (Å²) in [5.41, 5.74) is 15.7. The van der Waals surface area contributed by atoms with Gasteiger partial charge in [-0.25, -0.2) is 4.98 Å². The van der Waals surface area contributed by atoms with Gasteiger partial charge in [-0.15, -0.1) is 0 Å². The van der Waals surface area contributed by atoms with Crippen LogP contribution in [0, 0.1) is 0 Å². The lowest BCUT2D eigenvalue weighted by molar-refractivity contribution is 0.332. The van der Waals surface area contributed by atoms with Gasteiger partial charge in [0.25, 0.3) is 0 Å². The number of aromatic nitrogens is 5. The lowest BCUT2D eigenvalue weighted by Gasteiger charge is -2.42. The Balaban J connectivity index is 1.20. The lowest BCUT2D eigenvalue weighted by Crippen LogP contribution is -2.33. The Morgan fingerprint density at radius 3 is 1.84 bits per heavy atom. The van der Waals surface area contributed by atoms with E-state index in [0.29, 0.717) is 17.6 Å². The van der Waals surface area contributed by atoms with Gasteiger partial charge in [0.05, 0.1) is 22.1 Å². The summed E-state index contributed by atoms with van der Waals surface area (Å²) in [6.45, 7) is 14.3. The summed E-state index contributed by atoms with van der Waals surface area (Å²) in [5, 5.41) is 4.79. The first-order valence-electron chi connectivity index (χ1n) is 21.7. The van der Waals surface area contributed by atoms with E-state index in [-0.39, 0.29) is 16.2 Å². The van der Waals surface area contributed by atoms with Crippen LogP contribution in [-0.4, -0.2) is 24.1 Å². The fraction of sp³-hybridized carbons (Fsp3) is 0.196. The van der Waals surface area contributed by atoms with Crippen LogP contribution in [0.5, 0.6) is 0 Å². The Hall–Kier alpha value is -6.85. The fourth-order valence-corrected chi connectivity index (χ4v) is 10.8. The number of fused-ring (bicyclic) bond motifs is 11. The molecule has 0 atom stereocenters. The van der Waals surface area contributed by atoms with Gasteiger partial charge in [0, 0.05) is 43.8 Å². The molecule has 0 amide bonds. The van der Waals surface area contributed by atoms with Gasteiger partial charge < -0.3 is 4.57 Å². The Bertz CT molecular complexity index is 3440. The molecule has 61 heavy (non-hydrogen) atoms. The van der Waals surface area contributed by atoms with Crippen LogP contribution < -0.4 is 0 Å². The number of benzene rings is 7. The Morgan fingerprint density at radius 1 is 0.426 bits per heavy atom. The highest BCUT2D eigenvalue weighted by molar-refractivity contribution is 6.26. The van der Waals surface area contributed by atoms with Crippen LogP contribution in [0.2, 0.25) is 0 Å². The van der Waals surface area contributed by atoms with Crippen LogP contribution in [0.4, 0.5) is 0 Å². The van der Waals surface area contributed by atoms with Crippen molar-refractivity contribution in [2.45, 2.75) is 70.6 Å². The van der Waals surface area contributed by atoms with Crippen molar-refractivity contribution < 1.29 is 0 Å². The van der Waals surface area contributed by atoms with Crippen molar-refractivity contribution in [3.05, 3.63) is 174 Å². The van der Waals surface area contributed by atoms with Crippen molar-refractivity contribution in [1.82, 2.24) is 24.1 Å². The van der Waals surface area contributed by atoms with Crippen molar-refractivity contribution in [1.29, 1.82) is 0 Å². The summed E-state index contributed by atoms with van der Waals surface area (Å²) in [7, 11) is 0. The van der Waals surface area contributed by atoms with Crippen LogP contribution in [0.15, 0.2) is 152 Å². The van der Waals surface area contributed by atoms with E-state index in [2.05, 4.69) is 196 Å². The topological polar surface area (TPSA) is 48.5 Å². The largest absolute Gasteiger partial charge is 0.309 e. The molecule has 0 N–H and O–H groups in total. The molecule has 5 heteroatoms. The molecule has 10 aromatic rings. The van der Waals surface area contributed by atoms with E-state index in [1.54, 1.807) is 0 Å². The molecule has 12 rings (SSSR count). The summed E-state index contributed by atoms with van der Waals surface area (Å²) >= 11 is 0. The zero-order valence-corrected chi connectivity index (χ0v) is 35.6. The molecular weight excluding hydrogens is 743 g/mol. The van der Waals surface area contributed by atoms with Gasteiger partial charge >= 0.3 is 0 Å². The normalized spacial score (nSPS) is 16.0. The molecular formula is C56H47N5. The summed E-state index contributed by atoms with van der Waals surface area (Å²) in [4.78, 5) is 16.2. The smallest absolute Gasteiger partial charge is 0.238 e. The number of nitrogens with zero attached hydrogens (tertiary/aromatic N) is 5. The third kappa shape index (κ3) is 5.16. The van der Waals surface area contributed by atoms with Crippen LogP contribution in [-0.2, 0) is 16.2 Å². The minimum absolute atomic E-state index is 0.0420. The molecule has 3 aromatic heterocycles. The Morgan fingerprint density at radius 2 is 1.07 bits per heavy atom. The van der Waals surface area contributed by atoms with Crippen molar-refractivity contribution in [3.63, 3.8) is 0 Å². The molecule has 0 spiro atoms. The van der Waals surface area contributed by atoms with E-state index in [0.717, 1.165) is 46.2 Å². The summed E-state index contributed by atoms with van der Waals surface area (Å²) < 4.78 is 4.80.